The van der Waals surface area contributed by atoms with Crippen molar-refractivity contribution in [2.24, 2.45) is 14.1 Å². The zero-order valence-electron chi connectivity index (χ0n) is 83.2. The van der Waals surface area contributed by atoms with Crippen molar-refractivity contribution in [2.75, 3.05) is 0 Å². The topological polar surface area (TPSA) is 133 Å². The minimum atomic E-state index is -0.519. The van der Waals surface area contributed by atoms with Crippen LogP contribution in [0.5, 0.6) is 0 Å². The summed E-state index contributed by atoms with van der Waals surface area (Å²) in [5.74, 6) is 5.39. The Morgan fingerprint density at radius 2 is 0.486 bits per heavy atom. The van der Waals surface area contributed by atoms with Crippen molar-refractivity contribution in [3.63, 3.8) is 0 Å². The predicted molar refractivity (Wildman–Crippen MR) is 570 cm³/mol. The van der Waals surface area contributed by atoms with Crippen molar-refractivity contribution < 1.29 is 84.3 Å². The van der Waals surface area contributed by atoms with Gasteiger partial charge in [-0.3, -0.25) is 29.9 Å². The van der Waals surface area contributed by atoms with E-state index in [1.165, 1.54) is 0 Å². The van der Waals surface area contributed by atoms with Gasteiger partial charge in [0.05, 0.1) is 57.5 Å². The summed E-state index contributed by atoms with van der Waals surface area (Å²) in [6.07, 6.45) is 12.8. The molecule has 0 saturated heterocycles. The number of nitrogens with zero attached hydrogens (tertiary/aromatic N) is 14. The first-order chi connectivity index (χ1) is 67.0. The summed E-state index contributed by atoms with van der Waals surface area (Å²) in [5, 5.41) is 6.35. The quantitative estimate of drug-likeness (QED) is 0.124. The number of aryl methyl sites for hydroxylation is 2. The fraction of sp³-hybridized carbons (Fsp3) is 0.213. The van der Waals surface area contributed by atoms with Crippen LogP contribution in [0.3, 0.4) is 0 Å². The van der Waals surface area contributed by atoms with E-state index in [0.29, 0.717) is 0 Å². The van der Waals surface area contributed by atoms with Gasteiger partial charge in [0.1, 0.15) is 11.6 Å². The second-order valence-corrected chi connectivity index (χ2v) is 43.6. The summed E-state index contributed by atoms with van der Waals surface area (Å²) in [5.41, 5.74) is 25.6. The molecule has 4 aliphatic heterocycles. The molecule has 12 aromatic carbocycles. The second-order valence-electron chi connectivity index (χ2n) is 41.1. The maximum Gasteiger partial charge on any atom is 2.00 e. The fourth-order valence-corrected chi connectivity index (χ4v) is 22.4. The number of hydrogen-bond donors (Lipinski definition) is 0. The average molecular weight is 2680 g/mol. The molecule has 8 aromatic heterocycles. The minimum Gasteiger partial charge on any atom is -0.779 e. The van der Waals surface area contributed by atoms with Crippen molar-refractivity contribution in [1.82, 2.24) is 67.3 Å². The molecule has 24 rings (SSSR count). The molecular formula is C122H106N14Pt4S4. The molecule has 0 radical (unpaired) electrons. The Hall–Kier alpha value is -11.6. The van der Waals surface area contributed by atoms with Crippen molar-refractivity contribution >= 4 is 47.9 Å². The van der Waals surface area contributed by atoms with E-state index in [0.717, 1.165) is 212 Å². The summed E-state index contributed by atoms with van der Waals surface area (Å²) < 4.78 is 12.9. The molecule has 32 bridgehead atoms. The molecule has 144 heavy (non-hydrogen) atoms. The summed E-state index contributed by atoms with van der Waals surface area (Å²) in [4.78, 5) is 42.8. The van der Waals surface area contributed by atoms with E-state index in [9.17, 15) is 0 Å². The molecule has 0 atom stereocenters. The van der Waals surface area contributed by atoms with E-state index in [1.54, 1.807) is 22.7 Å². The molecule has 0 saturated carbocycles. The van der Waals surface area contributed by atoms with Crippen LogP contribution in [0, 0.1) is 36.4 Å². The summed E-state index contributed by atoms with van der Waals surface area (Å²) in [7, 11) is 4.10. The van der Waals surface area contributed by atoms with Crippen LogP contribution in [0.1, 0.15) is 201 Å². The van der Waals surface area contributed by atoms with Crippen LogP contribution >= 0.6 is 22.7 Å². The third-order valence-corrected chi connectivity index (χ3v) is 31.5. The minimum absolute atomic E-state index is 0. The molecule has 22 heteroatoms. The molecule has 0 aliphatic carbocycles. The molecule has 12 heterocycles. The normalized spacial score (nSPS) is 15.0. The molecule has 14 nitrogen and oxygen atoms in total. The van der Waals surface area contributed by atoms with Gasteiger partial charge in [-0.05, 0) is 87.4 Å². The molecule has 0 fully saturated rings. The van der Waals surface area contributed by atoms with E-state index < -0.39 is 21.7 Å². The first kappa shape index (κ1) is 104. The number of aromatic nitrogens is 14. The molecule has 0 unspecified atom stereocenters. The maximum atomic E-state index is 6.26. The second kappa shape index (κ2) is 40.0. The van der Waals surface area contributed by atoms with Gasteiger partial charge in [0, 0.05) is 150 Å². The van der Waals surface area contributed by atoms with Crippen molar-refractivity contribution in [3.05, 3.63) is 442 Å². The smallest absolute Gasteiger partial charge is 0.779 e. The number of para-hydroxylation sites is 4. The van der Waals surface area contributed by atoms with Gasteiger partial charge < -0.3 is 52.7 Å². The Balaban J connectivity index is 0.000000132. The first-order valence-corrected chi connectivity index (χ1v) is 50.0. The van der Waals surface area contributed by atoms with Gasteiger partial charge in [0.2, 0.25) is 0 Å². The number of imidazole rings is 6. The Labute approximate surface area is 921 Å². The van der Waals surface area contributed by atoms with Crippen LogP contribution in [0.2, 0.25) is 0 Å². The number of rotatable bonds is 4. The Kier molecular flexibility index (Phi) is 28.8. The maximum absolute atomic E-state index is 6.26. The fourth-order valence-electron chi connectivity index (χ4n) is 19.5. The monoisotopic (exact) mass is 2670 g/mol. The van der Waals surface area contributed by atoms with E-state index in [4.69, 9.17) is 65.1 Å². The Morgan fingerprint density at radius 1 is 0.236 bits per heavy atom. The van der Waals surface area contributed by atoms with Gasteiger partial charge in [-0.15, -0.1) is 212 Å². The average Bonchev–Trinajstić information content (AvgIpc) is 1.58. The van der Waals surface area contributed by atoms with Crippen LogP contribution in [0.15, 0.2) is 325 Å². The summed E-state index contributed by atoms with van der Waals surface area (Å²) in [6, 6.07) is 114. The van der Waals surface area contributed by atoms with Gasteiger partial charge in [-0.25, -0.2) is 9.97 Å². The molecule has 4 aliphatic rings. The van der Waals surface area contributed by atoms with Gasteiger partial charge >= 0.3 is 84.3 Å². The van der Waals surface area contributed by atoms with Crippen LogP contribution < -0.4 is 0 Å². The molecular weight excluding hydrogens is 2570 g/mol. The number of benzene rings is 12. The van der Waals surface area contributed by atoms with Crippen LogP contribution in [0.25, 0.3) is 112 Å². The van der Waals surface area contributed by atoms with Gasteiger partial charge in [0.25, 0.3) is 0 Å². The predicted octanol–water partition coefficient (Wildman–Crippen LogP) is 27.7. The molecule has 728 valence electrons. The Morgan fingerprint density at radius 3 is 0.792 bits per heavy atom. The number of fused-ring (bicyclic) bond motifs is 40. The van der Waals surface area contributed by atoms with Gasteiger partial charge in [-0.1, -0.05) is 203 Å². The third kappa shape index (κ3) is 18.6. The number of hydrogen-bond acceptors (Lipinski definition) is 12. The van der Waals surface area contributed by atoms with Gasteiger partial charge in [0.15, 0.2) is 0 Å². The van der Waals surface area contributed by atoms with Crippen LogP contribution in [-0.4, -0.2) is 67.3 Å². The molecule has 20 aromatic rings. The van der Waals surface area contributed by atoms with Crippen molar-refractivity contribution in [2.45, 2.75) is 164 Å². The number of thiazole rings is 2. The van der Waals surface area contributed by atoms with E-state index >= 15 is 0 Å². The van der Waals surface area contributed by atoms with Crippen molar-refractivity contribution in [1.29, 1.82) is 0 Å². The van der Waals surface area contributed by atoms with E-state index in [2.05, 4.69) is 479 Å². The van der Waals surface area contributed by atoms with E-state index in [1.807, 2.05) is 24.3 Å². The summed E-state index contributed by atoms with van der Waals surface area (Å²) >= 11 is 15.9. The van der Waals surface area contributed by atoms with Crippen LogP contribution in [-0.2, 0) is 167 Å². The standard InChI is InChI=1S/C36H32N4S2.C36H30N4.C26H26N4.C24H20N2S2.4Pt/c1-35(2)27-19-11-17-25(31(27)41)30-22-40(24-15-9-6-10-16-24)34(38-30)36(3,4)28-20-12-18-26(32(28)42)29-21-39(33(35)37-29)23-13-7-5-8-14-23;1-35(2)27-15-11-13-25(21-27)34-38-32(24-40(34)30-19-9-6-10-20-30)36(3,4)28-16-12-14-26(22-28)33-37-31(35)23-39(33)29-17-7-5-8-18-29;1-25(2)19-11-7-9-17(13-19)24-28-22(16-30(24)6)26(3,4)20-12-8-10-18(14-20)23-27-21(25)15-29(23)5;1-23(2)17-9-5-7-15(11-17)22-26-20(14-28-22)24(3,4)18-10-6-8-16(12-18)21-25-19(23)13-27-21;;;;/h5-22,41-42H,1-4H3;5-20,23-24H,1-4H3;7-12,15-16H,1-6H3;5-10,13-14H,1-4H3;;;;/q;3*-2;4*+2/p-2. The molecule has 0 spiro atoms. The van der Waals surface area contributed by atoms with Crippen molar-refractivity contribution in [3.8, 4) is 112 Å². The molecule has 0 N–H and O–H groups in total. The largest absolute Gasteiger partial charge is 2.00 e. The third-order valence-electron chi connectivity index (χ3n) is 28.8. The zero-order chi connectivity index (χ0) is 97.5. The van der Waals surface area contributed by atoms with Gasteiger partial charge in [-0.2, -0.15) is 32.5 Å². The zero-order valence-corrected chi connectivity index (χ0v) is 95.5. The summed E-state index contributed by atoms with van der Waals surface area (Å²) in [6.45, 7) is 35.3. The van der Waals surface area contributed by atoms with E-state index in [-0.39, 0.29) is 106 Å². The first-order valence-electron chi connectivity index (χ1n) is 47.4. The molecule has 0 amide bonds. The van der Waals surface area contributed by atoms with Crippen LogP contribution in [0.4, 0.5) is 0 Å². The Bertz CT molecular complexity index is 7670. The SMILES string of the molecule is CC1(C)c2[c-]c(ccc2)-c2nc(cn2-c2ccccc2)C(C)(C)c2[c-]c(ccc2)-c2nc1cn2-c1ccccc1.CC1(C)c2[c-]c(ccc2)-c2nc(cs2)C(C)(C)c2[c-]c(ccc2)-c2nc1cs2.CC1(C)c2cccc(c2[S-])-c2cn(-c3ccccc3)c(n2)C(C)(C)c2cccc(c2[S-])-c2cn(-c3ccccc3)c1n2.Cn1cc2nc1-c1[c-]c(ccc1)C(C)(C)c1cn(C)c(n1)-c1[c-]c(ccc1)C2(C)C.[Pt+2].[Pt+2].[Pt+2].[Pt+2].